The van der Waals surface area contributed by atoms with Gasteiger partial charge in [-0.15, -0.1) is 23.8 Å². The average Bonchev–Trinajstić information content (AvgIpc) is 3.50. The molecule has 4 heterocycles. The maximum Gasteiger partial charge on any atom is 0.114 e. The third-order valence-corrected chi connectivity index (χ3v) is 13.6. The molecule has 6 heteroatoms. The van der Waals surface area contributed by atoms with Crippen molar-refractivity contribution in [1.29, 1.82) is 0 Å². The van der Waals surface area contributed by atoms with Crippen LogP contribution in [0.25, 0.3) is 42.8 Å². The van der Waals surface area contributed by atoms with Gasteiger partial charge in [0.25, 0.3) is 0 Å². The van der Waals surface area contributed by atoms with Crippen LogP contribution in [-0.4, -0.2) is 28.2 Å². The Kier molecular flexibility index (Phi) is 11.2. The summed E-state index contributed by atoms with van der Waals surface area (Å²) < 4.78 is 44.9. The third kappa shape index (κ3) is 9.76. The summed E-state index contributed by atoms with van der Waals surface area (Å²) in [5.41, 5.74) is 5.63. The molecule has 0 saturated carbocycles. The second kappa shape index (κ2) is 17.0. The zero-order valence-corrected chi connectivity index (χ0v) is 35.6. The van der Waals surface area contributed by atoms with Crippen LogP contribution in [0.2, 0.25) is 17.3 Å². The standard InChI is InChI=1S/C25H27N2S.C18H24GeN.Ir/c1-15(2)13-19-9-10-21-20-7-6-8-22(24(20)28-25(21)27-19)23-14-18(11-12-26-23)17(5)16(3)4;1-14(2)11-16-12-18(15-9-7-6-8-10-15)20-13-17(16)19(3,4)5;/h6-7,9-12,14-17H,13H2,1-5H3;6-9,12-14H,11H2,1-5H3;/q2*-1;/i13D2,17D;11D2;. The van der Waals surface area contributed by atoms with E-state index in [1.165, 1.54) is 0 Å². The van der Waals surface area contributed by atoms with Crippen LogP contribution in [-0.2, 0) is 32.9 Å². The molecule has 0 spiro atoms. The minimum atomic E-state index is -2.20. The van der Waals surface area contributed by atoms with Gasteiger partial charge in [0.05, 0.1) is 0 Å². The van der Waals surface area contributed by atoms with Crippen molar-refractivity contribution < 1.29 is 27.0 Å². The van der Waals surface area contributed by atoms with Gasteiger partial charge in [0, 0.05) is 36.1 Å². The Labute approximate surface area is 322 Å². The molecule has 6 aromatic rings. The van der Waals surface area contributed by atoms with Gasteiger partial charge in [-0.3, -0.25) is 0 Å². The molecule has 0 aliphatic rings. The molecule has 1 radical (unpaired) electrons. The van der Waals surface area contributed by atoms with Gasteiger partial charge in [0.1, 0.15) is 4.83 Å². The summed E-state index contributed by atoms with van der Waals surface area (Å²) >= 11 is -0.654. The molecule has 49 heavy (non-hydrogen) atoms. The van der Waals surface area contributed by atoms with Gasteiger partial charge in [0.2, 0.25) is 0 Å². The fourth-order valence-electron chi connectivity index (χ4n) is 5.52. The molecule has 259 valence electrons. The Morgan fingerprint density at radius 3 is 2.22 bits per heavy atom. The van der Waals surface area contributed by atoms with E-state index >= 15 is 0 Å². The van der Waals surface area contributed by atoms with Crippen molar-refractivity contribution in [2.75, 3.05) is 0 Å². The van der Waals surface area contributed by atoms with Gasteiger partial charge in [-0.05, 0) is 52.0 Å². The van der Waals surface area contributed by atoms with Crippen molar-refractivity contribution >= 4 is 49.3 Å². The summed E-state index contributed by atoms with van der Waals surface area (Å²) in [6.07, 6.45) is 0.851. The van der Waals surface area contributed by atoms with E-state index in [-0.39, 0.29) is 37.9 Å². The normalized spacial score (nSPS) is 15.1. The number of rotatable bonds is 9. The van der Waals surface area contributed by atoms with E-state index in [0.717, 1.165) is 58.3 Å². The predicted molar refractivity (Wildman–Crippen MR) is 211 cm³/mol. The fourth-order valence-corrected chi connectivity index (χ4v) is 9.64. The summed E-state index contributed by atoms with van der Waals surface area (Å²) in [5.74, 6) is 6.08. The summed E-state index contributed by atoms with van der Waals surface area (Å²) in [6, 6.07) is 27.8. The van der Waals surface area contributed by atoms with Gasteiger partial charge in [-0.25, -0.2) is 4.98 Å². The van der Waals surface area contributed by atoms with Crippen molar-refractivity contribution in [3.63, 3.8) is 0 Å². The molecule has 0 aliphatic carbocycles. The van der Waals surface area contributed by atoms with Crippen molar-refractivity contribution in [3.05, 3.63) is 108 Å². The number of benzene rings is 2. The van der Waals surface area contributed by atoms with Crippen LogP contribution in [0.1, 0.15) is 78.0 Å². The fraction of sp³-hybridized carbons (Fsp3) is 0.372. The first kappa shape index (κ1) is 32.2. The molecule has 0 amide bonds. The number of aromatic nitrogens is 3. The average molecular weight is 912 g/mol. The maximum absolute atomic E-state index is 8.77. The number of thiophene rings is 1. The summed E-state index contributed by atoms with van der Waals surface area (Å²) in [4.78, 5) is 14.7. The van der Waals surface area contributed by atoms with E-state index in [1.807, 2.05) is 101 Å². The molecule has 6 rings (SSSR count). The first-order chi connectivity index (χ1) is 24.7. The molecule has 1 unspecified atom stereocenters. The Hall–Kier alpha value is -2.70. The zero-order valence-electron chi connectivity index (χ0n) is 35.3. The molecular formula is C43H51GeIrN3S-2. The molecule has 0 bridgehead atoms. The molecule has 4 aromatic heterocycles. The van der Waals surface area contributed by atoms with Crippen molar-refractivity contribution in [1.82, 2.24) is 15.0 Å². The van der Waals surface area contributed by atoms with E-state index in [4.69, 9.17) is 11.8 Å². The first-order valence-corrected chi connectivity index (χ1v) is 25.0. The van der Waals surface area contributed by atoms with Gasteiger partial charge in [-0.1, -0.05) is 57.7 Å². The summed E-state index contributed by atoms with van der Waals surface area (Å²) in [6.45, 7) is 13.7. The van der Waals surface area contributed by atoms with Crippen LogP contribution in [0.4, 0.5) is 0 Å². The quantitative estimate of drug-likeness (QED) is 0.107. The molecule has 3 nitrogen and oxygen atoms in total. The SMILES string of the molecule is [2H]C([2H])(c1cc(-c2[c-]cccc2)nc[c]1[Ge]([CH3])([CH3])[CH3])C(C)C.[2H]C([2H])(c1ccc2c(n1)sc1c(-c3cc(C([2H])(C)C(C)C)ccn3)[c-]ccc12)C(C)C.[Ir]. The largest absolute Gasteiger partial charge is 0.305 e. The van der Waals surface area contributed by atoms with E-state index in [9.17, 15) is 0 Å². The summed E-state index contributed by atoms with van der Waals surface area (Å²) in [7, 11) is 0. The molecule has 1 atom stereocenters. The molecule has 2 aromatic carbocycles. The first-order valence-electron chi connectivity index (χ1n) is 19.4. The summed E-state index contributed by atoms with van der Waals surface area (Å²) in [5, 5.41) is 2.09. The van der Waals surface area contributed by atoms with Crippen LogP contribution in [0, 0.1) is 29.9 Å². The molecule has 0 N–H and O–H groups in total. The second-order valence-corrected chi connectivity index (χ2v) is 25.8. The Bertz CT molecular complexity index is 2210. The predicted octanol–water partition coefficient (Wildman–Crippen LogP) is 11.6. The molecule has 0 saturated heterocycles. The number of fused-ring (bicyclic) bond motifs is 3. The van der Waals surface area contributed by atoms with Gasteiger partial charge < -0.3 is 4.98 Å². The van der Waals surface area contributed by atoms with E-state index in [1.54, 1.807) is 23.6 Å². The molecule has 0 fully saturated rings. The number of hydrogen-bond donors (Lipinski definition) is 0. The van der Waals surface area contributed by atoms with Gasteiger partial charge in [-0.2, -0.15) is 11.3 Å². The number of hydrogen-bond acceptors (Lipinski definition) is 4. The van der Waals surface area contributed by atoms with Crippen LogP contribution >= 0.6 is 11.3 Å². The van der Waals surface area contributed by atoms with E-state index in [2.05, 4.69) is 53.2 Å². The van der Waals surface area contributed by atoms with Crippen molar-refractivity contribution in [2.24, 2.45) is 17.8 Å². The molecular weight excluding hydrogens is 855 g/mol. The third-order valence-electron chi connectivity index (χ3n) is 8.21. The number of nitrogens with zero attached hydrogens (tertiary/aromatic N) is 3. The van der Waals surface area contributed by atoms with Crippen LogP contribution in [0.3, 0.4) is 0 Å². The maximum atomic E-state index is 8.77. The Balaban J connectivity index is 0.000000250. The topological polar surface area (TPSA) is 38.7 Å². The Morgan fingerprint density at radius 1 is 0.816 bits per heavy atom. The minimum absolute atomic E-state index is 0. The monoisotopic (exact) mass is 913 g/mol. The van der Waals surface area contributed by atoms with E-state index in [0.29, 0.717) is 5.69 Å². The van der Waals surface area contributed by atoms with Crippen LogP contribution in [0.5, 0.6) is 0 Å². The van der Waals surface area contributed by atoms with Crippen LogP contribution < -0.4 is 4.40 Å². The van der Waals surface area contributed by atoms with Crippen molar-refractivity contribution in [2.45, 2.75) is 84.4 Å². The molecule has 0 aliphatic heterocycles. The smallest absolute Gasteiger partial charge is 0.114 e. The van der Waals surface area contributed by atoms with E-state index < -0.39 is 31.9 Å². The van der Waals surface area contributed by atoms with Crippen LogP contribution in [0.15, 0.2) is 79.1 Å². The number of pyridine rings is 3. The van der Waals surface area contributed by atoms with Gasteiger partial charge >= 0.3 is 128 Å². The van der Waals surface area contributed by atoms with Crippen molar-refractivity contribution in [3.8, 4) is 22.5 Å². The second-order valence-electron chi connectivity index (χ2n) is 14.3. The minimum Gasteiger partial charge on any atom is -0.305 e. The Morgan fingerprint density at radius 2 is 1.57 bits per heavy atom. The van der Waals surface area contributed by atoms with Gasteiger partial charge in [0.15, 0.2) is 0 Å². The zero-order chi connectivity index (χ0) is 39.1.